The molecule has 0 aliphatic heterocycles. The van der Waals surface area contributed by atoms with Gasteiger partial charge in [-0.1, -0.05) is 57.5 Å². The Labute approximate surface area is 116 Å². The molecule has 106 valence electrons. The molecule has 2 atom stereocenters. The lowest BCUT2D eigenvalue weighted by molar-refractivity contribution is -0.122. The molecule has 3 nitrogen and oxygen atoms in total. The summed E-state index contributed by atoms with van der Waals surface area (Å²) in [5.41, 5.74) is 7.06. The van der Waals surface area contributed by atoms with Crippen LogP contribution in [0.3, 0.4) is 0 Å². The van der Waals surface area contributed by atoms with E-state index in [-0.39, 0.29) is 18.0 Å². The highest BCUT2D eigenvalue weighted by molar-refractivity contribution is 5.77. The summed E-state index contributed by atoms with van der Waals surface area (Å²) in [4.78, 5) is 12.0. The van der Waals surface area contributed by atoms with Gasteiger partial charge in [0.05, 0.1) is 6.04 Å². The zero-order valence-electron chi connectivity index (χ0n) is 12.2. The number of carbonyl (C=O) groups excluding carboxylic acids is 1. The maximum atomic E-state index is 12.0. The SMILES string of the molecule is CCCC(N)CC(=O)NC(c1ccccc1)C(C)C. The number of nitrogens with one attached hydrogen (secondary N) is 1. The van der Waals surface area contributed by atoms with Crippen molar-refractivity contribution in [3.63, 3.8) is 0 Å². The van der Waals surface area contributed by atoms with E-state index < -0.39 is 0 Å². The van der Waals surface area contributed by atoms with Crippen molar-refractivity contribution in [3.05, 3.63) is 35.9 Å². The molecular weight excluding hydrogens is 236 g/mol. The summed E-state index contributed by atoms with van der Waals surface area (Å²) in [5.74, 6) is 0.400. The second-order valence-electron chi connectivity index (χ2n) is 5.45. The minimum atomic E-state index is -0.0337. The first-order valence-corrected chi connectivity index (χ1v) is 7.14. The van der Waals surface area contributed by atoms with Gasteiger partial charge >= 0.3 is 0 Å². The molecule has 1 aromatic rings. The maximum absolute atomic E-state index is 12.0. The van der Waals surface area contributed by atoms with Gasteiger partial charge in [-0.25, -0.2) is 0 Å². The summed E-state index contributed by atoms with van der Waals surface area (Å²) in [5, 5.41) is 3.10. The first-order valence-electron chi connectivity index (χ1n) is 7.14. The Hall–Kier alpha value is -1.35. The predicted molar refractivity (Wildman–Crippen MR) is 79.7 cm³/mol. The Kier molecular flexibility index (Phi) is 6.57. The Balaban J connectivity index is 2.62. The normalized spacial score (nSPS) is 14.2. The second kappa shape index (κ2) is 7.95. The van der Waals surface area contributed by atoms with Gasteiger partial charge in [0.15, 0.2) is 0 Å². The maximum Gasteiger partial charge on any atom is 0.222 e. The molecule has 0 aliphatic rings. The van der Waals surface area contributed by atoms with Crippen molar-refractivity contribution in [2.75, 3.05) is 0 Å². The number of nitrogens with two attached hydrogens (primary N) is 1. The van der Waals surface area contributed by atoms with Crippen LogP contribution in [-0.4, -0.2) is 11.9 Å². The van der Waals surface area contributed by atoms with Gasteiger partial charge in [-0.15, -0.1) is 0 Å². The minimum Gasteiger partial charge on any atom is -0.349 e. The van der Waals surface area contributed by atoms with Crippen molar-refractivity contribution in [2.24, 2.45) is 11.7 Å². The van der Waals surface area contributed by atoms with Crippen molar-refractivity contribution < 1.29 is 4.79 Å². The monoisotopic (exact) mass is 262 g/mol. The van der Waals surface area contributed by atoms with E-state index in [1.54, 1.807) is 0 Å². The van der Waals surface area contributed by atoms with Crippen molar-refractivity contribution in [1.29, 1.82) is 0 Å². The Bertz CT molecular complexity index is 376. The van der Waals surface area contributed by atoms with Gasteiger partial charge in [-0.3, -0.25) is 4.79 Å². The number of rotatable bonds is 7. The molecule has 0 spiro atoms. The fourth-order valence-corrected chi connectivity index (χ4v) is 2.24. The average Bonchev–Trinajstić information content (AvgIpc) is 2.37. The lowest BCUT2D eigenvalue weighted by Gasteiger charge is -2.23. The molecule has 0 fully saturated rings. The van der Waals surface area contributed by atoms with Gasteiger partial charge in [-0.05, 0) is 17.9 Å². The van der Waals surface area contributed by atoms with E-state index in [4.69, 9.17) is 5.73 Å². The molecule has 3 N–H and O–H groups in total. The van der Waals surface area contributed by atoms with E-state index in [9.17, 15) is 4.79 Å². The number of amides is 1. The van der Waals surface area contributed by atoms with Crippen LogP contribution in [0.25, 0.3) is 0 Å². The van der Waals surface area contributed by atoms with E-state index >= 15 is 0 Å². The molecule has 0 saturated carbocycles. The standard InChI is InChI=1S/C16H26N2O/c1-4-8-14(17)11-15(19)18-16(12(2)3)13-9-6-5-7-10-13/h5-7,9-10,12,14,16H,4,8,11,17H2,1-3H3,(H,18,19). The quantitative estimate of drug-likeness (QED) is 0.793. The van der Waals surface area contributed by atoms with E-state index in [0.29, 0.717) is 12.3 Å². The van der Waals surface area contributed by atoms with Crippen LogP contribution in [-0.2, 0) is 4.79 Å². The van der Waals surface area contributed by atoms with E-state index in [1.807, 2.05) is 18.2 Å². The Morgan fingerprint density at radius 2 is 1.89 bits per heavy atom. The first kappa shape index (κ1) is 15.7. The third-order valence-corrected chi connectivity index (χ3v) is 3.25. The van der Waals surface area contributed by atoms with Crippen molar-refractivity contribution in [3.8, 4) is 0 Å². The summed E-state index contributed by atoms with van der Waals surface area (Å²) in [6, 6.07) is 10.1. The summed E-state index contributed by atoms with van der Waals surface area (Å²) in [6.45, 7) is 6.31. The van der Waals surface area contributed by atoms with Crippen LogP contribution in [0, 0.1) is 5.92 Å². The predicted octanol–water partition coefficient (Wildman–Crippen LogP) is 3.02. The largest absolute Gasteiger partial charge is 0.349 e. The molecule has 3 heteroatoms. The van der Waals surface area contributed by atoms with E-state index in [1.165, 1.54) is 0 Å². The van der Waals surface area contributed by atoms with Crippen LogP contribution >= 0.6 is 0 Å². The van der Waals surface area contributed by atoms with Crippen LogP contribution < -0.4 is 11.1 Å². The molecule has 0 bridgehead atoms. The molecule has 0 aromatic heterocycles. The van der Waals surface area contributed by atoms with Crippen molar-refractivity contribution in [1.82, 2.24) is 5.32 Å². The van der Waals surface area contributed by atoms with Gasteiger partial charge in [0.25, 0.3) is 0 Å². The highest BCUT2D eigenvalue weighted by atomic mass is 16.1. The zero-order chi connectivity index (χ0) is 14.3. The van der Waals surface area contributed by atoms with Gasteiger partial charge in [0.1, 0.15) is 0 Å². The van der Waals surface area contributed by atoms with Crippen LogP contribution in [0.1, 0.15) is 51.6 Å². The highest BCUT2D eigenvalue weighted by Gasteiger charge is 2.19. The summed E-state index contributed by atoms with van der Waals surface area (Å²) in [7, 11) is 0. The van der Waals surface area contributed by atoms with Crippen LogP contribution in [0.2, 0.25) is 0 Å². The Morgan fingerprint density at radius 1 is 1.26 bits per heavy atom. The molecule has 0 heterocycles. The number of hydrogen-bond donors (Lipinski definition) is 2. The summed E-state index contributed by atoms with van der Waals surface area (Å²) in [6.07, 6.45) is 2.32. The third-order valence-electron chi connectivity index (χ3n) is 3.25. The molecular formula is C16H26N2O. The van der Waals surface area contributed by atoms with Gasteiger partial charge in [0, 0.05) is 12.5 Å². The second-order valence-corrected chi connectivity index (χ2v) is 5.45. The number of carbonyl (C=O) groups is 1. The minimum absolute atomic E-state index is 0.0337. The molecule has 1 rings (SSSR count). The van der Waals surface area contributed by atoms with Gasteiger partial charge < -0.3 is 11.1 Å². The average molecular weight is 262 g/mol. The van der Waals surface area contributed by atoms with Crippen LogP contribution in [0.15, 0.2) is 30.3 Å². The fraction of sp³-hybridized carbons (Fsp3) is 0.562. The van der Waals surface area contributed by atoms with Crippen molar-refractivity contribution >= 4 is 5.91 Å². The lowest BCUT2D eigenvalue weighted by atomic mass is 9.95. The molecule has 0 radical (unpaired) electrons. The van der Waals surface area contributed by atoms with E-state index in [0.717, 1.165) is 18.4 Å². The van der Waals surface area contributed by atoms with Crippen LogP contribution in [0.4, 0.5) is 0 Å². The third kappa shape index (κ3) is 5.43. The topological polar surface area (TPSA) is 55.1 Å². The smallest absolute Gasteiger partial charge is 0.222 e. The molecule has 0 saturated heterocycles. The molecule has 2 unspecified atom stereocenters. The van der Waals surface area contributed by atoms with Gasteiger partial charge in [-0.2, -0.15) is 0 Å². The van der Waals surface area contributed by atoms with Crippen molar-refractivity contribution in [2.45, 2.75) is 52.1 Å². The molecule has 1 amide bonds. The lowest BCUT2D eigenvalue weighted by Crippen LogP contribution is -2.36. The van der Waals surface area contributed by atoms with E-state index in [2.05, 4.69) is 38.2 Å². The number of benzene rings is 1. The van der Waals surface area contributed by atoms with Gasteiger partial charge in [0.2, 0.25) is 5.91 Å². The molecule has 1 aromatic carbocycles. The zero-order valence-corrected chi connectivity index (χ0v) is 12.2. The highest BCUT2D eigenvalue weighted by Crippen LogP contribution is 2.21. The number of hydrogen-bond acceptors (Lipinski definition) is 2. The first-order chi connectivity index (χ1) is 9.04. The summed E-state index contributed by atoms with van der Waals surface area (Å²) >= 11 is 0. The molecule has 19 heavy (non-hydrogen) atoms. The molecule has 0 aliphatic carbocycles. The van der Waals surface area contributed by atoms with Crippen LogP contribution in [0.5, 0.6) is 0 Å². The summed E-state index contributed by atoms with van der Waals surface area (Å²) < 4.78 is 0. The fourth-order valence-electron chi connectivity index (χ4n) is 2.24. The Morgan fingerprint density at radius 3 is 2.42 bits per heavy atom.